The lowest BCUT2D eigenvalue weighted by molar-refractivity contribution is 0.102. The van der Waals surface area contributed by atoms with Gasteiger partial charge in [-0.15, -0.1) is 0 Å². The molecule has 0 atom stereocenters. The fraction of sp³-hybridized carbons (Fsp3) is 0.267. The number of nitrogen functional groups attached to an aromatic ring is 1. The quantitative estimate of drug-likeness (QED) is 0.879. The van der Waals surface area contributed by atoms with E-state index in [-0.39, 0.29) is 11.3 Å². The molecule has 104 valence electrons. The molecule has 0 aliphatic rings. The Morgan fingerprint density at radius 1 is 1.20 bits per heavy atom. The van der Waals surface area contributed by atoms with Gasteiger partial charge in [0.15, 0.2) is 0 Å². The Morgan fingerprint density at radius 2 is 1.85 bits per heavy atom. The van der Waals surface area contributed by atoms with E-state index in [2.05, 4.69) is 15.3 Å². The number of rotatable bonds is 2. The smallest absolute Gasteiger partial charge is 0.255 e. The molecular weight excluding hydrogens is 252 g/mol. The molecule has 0 unspecified atom stereocenters. The van der Waals surface area contributed by atoms with E-state index in [9.17, 15) is 4.79 Å². The molecule has 2 aromatic rings. The number of pyridine rings is 2. The number of nitrogens with two attached hydrogens (primary N) is 1. The van der Waals surface area contributed by atoms with Gasteiger partial charge in [0.25, 0.3) is 5.91 Å². The molecule has 2 heterocycles. The predicted octanol–water partition coefficient (Wildman–Crippen LogP) is 2.61. The summed E-state index contributed by atoms with van der Waals surface area (Å²) >= 11 is 0. The first-order chi connectivity index (χ1) is 9.36. The minimum absolute atomic E-state index is 0.166. The molecule has 5 heteroatoms. The van der Waals surface area contributed by atoms with Gasteiger partial charge in [-0.2, -0.15) is 0 Å². The van der Waals surface area contributed by atoms with Crippen LogP contribution in [0.2, 0.25) is 0 Å². The summed E-state index contributed by atoms with van der Waals surface area (Å²) in [7, 11) is 0. The number of nitrogens with one attached hydrogen (secondary N) is 1. The van der Waals surface area contributed by atoms with Crippen LogP contribution in [-0.4, -0.2) is 15.9 Å². The highest BCUT2D eigenvalue weighted by Gasteiger charge is 2.18. The third-order valence-electron chi connectivity index (χ3n) is 2.81. The second kappa shape index (κ2) is 5.28. The monoisotopic (exact) mass is 270 g/mol. The SMILES string of the molecule is CC(C)(C)c1cc(C(=O)Nc2ccncc2)cc(N)n1. The number of carbonyl (C=O) groups is 1. The van der Waals surface area contributed by atoms with Crippen molar-refractivity contribution in [1.29, 1.82) is 0 Å². The maximum absolute atomic E-state index is 12.2. The molecule has 5 nitrogen and oxygen atoms in total. The van der Waals surface area contributed by atoms with Crippen LogP contribution in [-0.2, 0) is 5.41 Å². The Labute approximate surface area is 118 Å². The molecule has 0 aliphatic carbocycles. The zero-order chi connectivity index (χ0) is 14.8. The van der Waals surface area contributed by atoms with Crippen LogP contribution in [0, 0.1) is 0 Å². The van der Waals surface area contributed by atoms with E-state index >= 15 is 0 Å². The van der Waals surface area contributed by atoms with E-state index < -0.39 is 0 Å². The van der Waals surface area contributed by atoms with E-state index in [1.54, 1.807) is 36.7 Å². The van der Waals surface area contributed by atoms with Crippen molar-refractivity contribution in [3.8, 4) is 0 Å². The van der Waals surface area contributed by atoms with Gasteiger partial charge in [0.05, 0.1) is 0 Å². The summed E-state index contributed by atoms with van der Waals surface area (Å²) in [5.74, 6) is 0.133. The summed E-state index contributed by atoms with van der Waals surface area (Å²) in [6, 6.07) is 6.80. The van der Waals surface area contributed by atoms with Crippen molar-refractivity contribution in [2.75, 3.05) is 11.1 Å². The fourth-order valence-electron chi connectivity index (χ4n) is 1.71. The van der Waals surface area contributed by atoms with Gasteiger partial charge in [-0.3, -0.25) is 9.78 Å². The number of aromatic nitrogens is 2. The molecule has 20 heavy (non-hydrogen) atoms. The molecule has 0 radical (unpaired) electrons. The number of hydrogen-bond donors (Lipinski definition) is 2. The van der Waals surface area contributed by atoms with Crippen molar-refractivity contribution >= 4 is 17.4 Å². The maximum atomic E-state index is 12.2. The van der Waals surface area contributed by atoms with Crippen LogP contribution in [0.15, 0.2) is 36.7 Å². The number of amides is 1. The van der Waals surface area contributed by atoms with Crippen LogP contribution < -0.4 is 11.1 Å². The molecule has 0 saturated heterocycles. The summed E-state index contributed by atoms with van der Waals surface area (Å²) in [4.78, 5) is 20.4. The summed E-state index contributed by atoms with van der Waals surface area (Å²) in [5.41, 5.74) is 7.60. The highest BCUT2D eigenvalue weighted by molar-refractivity contribution is 6.04. The highest BCUT2D eigenvalue weighted by Crippen LogP contribution is 2.23. The lowest BCUT2D eigenvalue weighted by Crippen LogP contribution is -2.18. The van der Waals surface area contributed by atoms with Crippen LogP contribution >= 0.6 is 0 Å². The molecule has 2 aromatic heterocycles. The van der Waals surface area contributed by atoms with Gasteiger partial charge in [0.2, 0.25) is 0 Å². The molecule has 0 bridgehead atoms. The molecule has 0 spiro atoms. The Bertz CT molecular complexity index is 618. The molecule has 2 rings (SSSR count). The van der Waals surface area contributed by atoms with Gasteiger partial charge in [-0.25, -0.2) is 4.98 Å². The van der Waals surface area contributed by atoms with E-state index in [1.807, 2.05) is 20.8 Å². The van der Waals surface area contributed by atoms with E-state index in [4.69, 9.17) is 5.73 Å². The van der Waals surface area contributed by atoms with Crippen molar-refractivity contribution in [3.05, 3.63) is 47.9 Å². The Morgan fingerprint density at radius 3 is 2.45 bits per heavy atom. The zero-order valence-electron chi connectivity index (χ0n) is 11.8. The van der Waals surface area contributed by atoms with Crippen LogP contribution in [0.3, 0.4) is 0 Å². The zero-order valence-corrected chi connectivity index (χ0v) is 11.8. The summed E-state index contributed by atoms with van der Waals surface area (Å²) in [5, 5.41) is 2.80. The van der Waals surface area contributed by atoms with Crippen LogP contribution in [0.1, 0.15) is 36.8 Å². The first-order valence-corrected chi connectivity index (χ1v) is 6.36. The second-order valence-electron chi connectivity index (χ2n) is 5.61. The van der Waals surface area contributed by atoms with Crippen molar-refractivity contribution < 1.29 is 4.79 Å². The Kier molecular flexibility index (Phi) is 3.70. The topological polar surface area (TPSA) is 80.9 Å². The maximum Gasteiger partial charge on any atom is 0.255 e. The fourth-order valence-corrected chi connectivity index (χ4v) is 1.71. The summed E-state index contributed by atoms with van der Waals surface area (Å²) in [6.45, 7) is 6.08. The van der Waals surface area contributed by atoms with Crippen LogP contribution in [0.4, 0.5) is 11.5 Å². The van der Waals surface area contributed by atoms with E-state index in [0.717, 1.165) is 5.69 Å². The van der Waals surface area contributed by atoms with Gasteiger partial charge in [-0.1, -0.05) is 20.8 Å². The van der Waals surface area contributed by atoms with E-state index in [0.29, 0.717) is 17.1 Å². The first-order valence-electron chi connectivity index (χ1n) is 6.36. The number of nitrogens with zero attached hydrogens (tertiary/aromatic N) is 2. The van der Waals surface area contributed by atoms with Crippen molar-refractivity contribution in [2.45, 2.75) is 26.2 Å². The van der Waals surface area contributed by atoms with Gasteiger partial charge < -0.3 is 11.1 Å². The Balaban J connectivity index is 2.29. The largest absolute Gasteiger partial charge is 0.384 e. The van der Waals surface area contributed by atoms with Gasteiger partial charge in [0.1, 0.15) is 5.82 Å². The van der Waals surface area contributed by atoms with Crippen molar-refractivity contribution in [3.63, 3.8) is 0 Å². The third-order valence-corrected chi connectivity index (χ3v) is 2.81. The van der Waals surface area contributed by atoms with Crippen molar-refractivity contribution in [1.82, 2.24) is 9.97 Å². The summed E-state index contributed by atoms with van der Waals surface area (Å²) in [6.07, 6.45) is 3.24. The third kappa shape index (κ3) is 3.32. The van der Waals surface area contributed by atoms with Crippen LogP contribution in [0.5, 0.6) is 0 Å². The molecule has 0 fully saturated rings. The first kappa shape index (κ1) is 14.0. The molecule has 3 N–H and O–H groups in total. The minimum Gasteiger partial charge on any atom is -0.384 e. The Hall–Kier alpha value is -2.43. The van der Waals surface area contributed by atoms with Gasteiger partial charge >= 0.3 is 0 Å². The highest BCUT2D eigenvalue weighted by atomic mass is 16.1. The normalized spacial score (nSPS) is 11.2. The molecular formula is C15H18N4O. The lowest BCUT2D eigenvalue weighted by Gasteiger charge is -2.19. The number of anilines is 2. The molecule has 0 aromatic carbocycles. The second-order valence-corrected chi connectivity index (χ2v) is 5.61. The molecule has 0 saturated carbocycles. The van der Waals surface area contributed by atoms with Gasteiger partial charge in [0, 0.05) is 34.8 Å². The average molecular weight is 270 g/mol. The van der Waals surface area contributed by atoms with Gasteiger partial charge in [-0.05, 0) is 24.3 Å². The number of carbonyl (C=O) groups excluding carboxylic acids is 1. The van der Waals surface area contributed by atoms with E-state index in [1.165, 1.54) is 0 Å². The molecule has 0 aliphatic heterocycles. The lowest BCUT2D eigenvalue weighted by atomic mass is 9.90. The average Bonchev–Trinajstić information content (AvgIpc) is 2.38. The predicted molar refractivity (Wildman–Crippen MR) is 79.5 cm³/mol. The standard InChI is InChI=1S/C15H18N4O/c1-15(2,3)12-8-10(9-13(16)19-12)14(20)18-11-4-6-17-7-5-11/h4-9H,1-3H3,(H2,16,19)(H,17,18,20). The number of hydrogen-bond acceptors (Lipinski definition) is 4. The molecule has 1 amide bonds. The minimum atomic E-state index is -0.212. The van der Waals surface area contributed by atoms with Crippen molar-refractivity contribution in [2.24, 2.45) is 0 Å². The summed E-state index contributed by atoms with van der Waals surface area (Å²) < 4.78 is 0. The van der Waals surface area contributed by atoms with Crippen LogP contribution in [0.25, 0.3) is 0 Å².